The van der Waals surface area contributed by atoms with Crippen LogP contribution in [0, 0.1) is 12.8 Å². The fraction of sp³-hybridized carbons (Fsp3) is 0.538. The Hall–Kier alpha value is -1.58. The molecule has 0 saturated heterocycles. The Balaban J connectivity index is 2.21. The van der Waals surface area contributed by atoms with E-state index in [1.54, 1.807) is 18.9 Å². The number of carbonyl (C=O) groups is 1. The zero-order valence-corrected chi connectivity index (χ0v) is 10.5. The second kappa shape index (κ2) is 4.35. The fourth-order valence-electron chi connectivity index (χ4n) is 2.01. The van der Waals surface area contributed by atoms with Gasteiger partial charge in [-0.15, -0.1) is 0 Å². The molecule has 1 fully saturated rings. The van der Waals surface area contributed by atoms with E-state index in [-0.39, 0.29) is 22.9 Å². The van der Waals surface area contributed by atoms with Crippen LogP contribution < -0.4 is 5.43 Å². The van der Waals surface area contributed by atoms with Crippen LogP contribution >= 0.6 is 0 Å². The maximum Gasteiger partial charge on any atom is 0.259 e. The lowest BCUT2D eigenvalue weighted by Crippen LogP contribution is -2.38. The van der Waals surface area contributed by atoms with Crippen molar-refractivity contribution in [1.29, 1.82) is 0 Å². The molecule has 1 atom stereocenters. The van der Waals surface area contributed by atoms with Gasteiger partial charge in [0, 0.05) is 31.0 Å². The van der Waals surface area contributed by atoms with E-state index in [2.05, 4.69) is 4.98 Å². The van der Waals surface area contributed by atoms with Gasteiger partial charge in [0.05, 0.1) is 0 Å². The number of H-pyrrole nitrogens is 1. The van der Waals surface area contributed by atoms with Crippen molar-refractivity contribution in [3.8, 4) is 0 Å². The van der Waals surface area contributed by atoms with Gasteiger partial charge in [-0.25, -0.2) is 0 Å². The molecule has 1 aromatic heterocycles. The zero-order valence-electron chi connectivity index (χ0n) is 10.5. The fourth-order valence-corrected chi connectivity index (χ4v) is 2.01. The number of hydrogen-bond acceptors (Lipinski definition) is 2. The number of hydrogen-bond donors (Lipinski definition) is 1. The molecular formula is C13H18N2O2. The molecule has 92 valence electrons. The van der Waals surface area contributed by atoms with Crippen LogP contribution in [0.25, 0.3) is 0 Å². The van der Waals surface area contributed by atoms with Crippen molar-refractivity contribution in [3.63, 3.8) is 0 Å². The Morgan fingerprint density at radius 1 is 1.53 bits per heavy atom. The van der Waals surface area contributed by atoms with Gasteiger partial charge in [0.1, 0.15) is 5.56 Å². The quantitative estimate of drug-likeness (QED) is 0.862. The molecule has 1 aliphatic rings. The van der Waals surface area contributed by atoms with Crippen LogP contribution in [0.15, 0.2) is 17.1 Å². The average Bonchev–Trinajstić information content (AvgIpc) is 3.10. The summed E-state index contributed by atoms with van der Waals surface area (Å²) in [7, 11) is 1.77. The standard InChI is InChI=1S/C13H18N2O2/c1-8-6-12(16)11(7-14-8)13(17)15(3)9(2)10-4-5-10/h6-7,9-10H,4-5H2,1-3H3,(H,14,16). The predicted octanol–water partition coefficient (Wildman–Crippen LogP) is 1.55. The van der Waals surface area contributed by atoms with Crippen molar-refractivity contribution in [2.24, 2.45) is 5.92 Å². The number of rotatable bonds is 3. The summed E-state index contributed by atoms with van der Waals surface area (Å²) < 4.78 is 0. The molecule has 1 heterocycles. The largest absolute Gasteiger partial charge is 0.364 e. The van der Waals surface area contributed by atoms with Gasteiger partial charge >= 0.3 is 0 Å². The number of nitrogens with zero attached hydrogens (tertiary/aromatic N) is 1. The molecule has 0 bridgehead atoms. The summed E-state index contributed by atoms with van der Waals surface area (Å²) >= 11 is 0. The first-order valence-corrected chi connectivity index (χ1v) is 5.97. The van der Waals surface area contributed by atoms with Gasteiger partial charge in [0.25, 0.3) is 5.91 Å². The minimum Gasteiger partial charge on any atom is -0.364 e. The molecule has 2 rings (SSSR count). The molecule has 0 spiro atoms. The van der Waals surface area contributed by atoms with Gasteiger partial charge in [-0.05, 0) is 32.6 Å². The molecule has 0 aliphatic heterocycles. The van der Waals surface area contributed by atoms with Crippen LogP contribution in [0.5, 0.6) is 0 Å². The molecular weight excluding hydrogens is 216 g/mol. The average molecular weight is 234 g/mol. The third-order valence-corrected chi connectivity index (χ3v) is 3.52. The first-order chi connectivity index (χ1) is 8.00. The smallest absolute Gasteiger partial charge is 0.259 e. The highest BCUT2D eigenvalue weighted by Crippen LogP contribution is 2.34. The van der Waals surface area contributed by atoms with E-state index < -0.39 is 0 Å². The first-order valence-electron chi connectivity index (χ1n) is 5.97. The molecule has 17 heavy (non-hydrogen) atoms. The third kappa shape index (κ3) is 2.40. The van der Waals surface area contributed by atoms with Crippen molar-refractivity contribution < 1.29 is 4.79 Å². The Labute approximate surface area is 101 Å². The minimum absolute atomic E-state index is 0.189. The highest BCUT2D eigenvalue weighted by Gasteiger charge is 2.33. The van der Waals surface area contributed by atoms with Crippen molar-refractivity contribution in [3.05, 3.63) is 33.7 Å². The van der Waals surface area contributed by atoms with Crippen LogP contribution in [0.3, 0.4) is 0 Å². The van der Waals surface area contributed by atoms with E-state index in [0.29, 0.717) is 5.92 Å². The van der Waals surface area contributed by atoms with E-state index in [4.69, 9.17) is 0 Å². The van der Waals surface area contributed by atoms with Gasteiger partial charge in [0.2, 0.25) is 0 Å². The van der Waals surface area contributed by atoms with Gasteiger partial charge in [-0.3, -0.25) is 9.59 Å². The lowest BCUT2D eigenvalue weighted by Gasteiger charge is -2.24. The summed E-state index contributed by atoms with van der Waals surface area (Å²) in [6, 6.07) is 1.67. The summed E-state index contributed by atoms with van der Waals surface area (Å²) in [6.45, 7) is 3.84. The molecule has 1 saturated carbocycles. The van der Waals surface area contributed by atoms with E-state index >= 15 is 0 Å². The molecule has 1 amide bonds. The second-order valence-corrected chi connectivity index (χ2v) is 4.89. The first kappa shape index (κ1) is 11.9. The van der Waals surface area contributed by atoms with E-state index in [9.17, 15) is 9.59 Å². The zero-order chi connectivity index (χ0) is 12.6. The van der Waals surface area contributed by atoms with E-state index in [0.717, 1.165) is 5.69 Å². The molecule has 0 aromatic carbocycles. The van der Waals surface area contributed by atoms with E-state index in [1.165, 1.54) is 25.1 Å². The van der Waals surface area contributed by atoms with Crippen molar-refractivity contribution in [2.75, 3.05) is 7.05 Å². The molecule has 4 nitrogen and oxygen atoms in total. The highest BCUT2D eigenvalue weighted by molar-refractivity contribution is 5.93. The predicted molar refractivity (Wildman–Crippen MR) is 66.1 cm³/mol. The van der Waals surface area contributed by atoms with Crippen LogP contribution in [0.4, 0.5) is 0 Å². The molecule has 0 radical (unpaired) electrons. The Kier molecular flexibility index (Phi) is 3.05. The summed E-state index contributed by atoms with van der Waals surface area (Å²) in [4.78, 5) is 28.5. The van der Waals surface area contributed by atoms with Crippen LogP contribution in [0.2, 0.25) is 0 Å². The van der Waals surface area contributed by atoms with Gasteiger partial charge in [0.15, 0.2) is 5.43 Å². The summed E-state index contributed by atoms with van der Waals surface area (Å²) in [5, 5.41) is 0. The Morgan fingerprint density at radius 2 is 2.18 bits per heavy atom. The molecule has 1 unspecified atom stereocenters. The number of amides is 1. The second-order valence-electron chi connectivity index (χ2n) is 4.89. The van der Waals surface area contributed by atoms with Crippen LogP contribution in [-0.2, 0) is 0 Å². The van der Waals surface area contributed by atoms with Crippen LogP contribution in [0.1, 0.15) is 35.8 Å². The summed E-state index contributed by atoms with van der Waals surface area (Å²) in [5.41, 5.74) is 0.788. The maximum absolute atomic E-state index is 12.2. The number of aryl methyl sites for hydroxylation is 1. The SMILES string of the molecule is Cc1cc(=O)c(C(=O)N(C)C(C)C2CC2)c[nH]1. The van der Waals surface area contributed by atoms with Crippen LogP contribution in [-0.4, -0.2) is 28.9 Å². The number of carbonyl (C=O) groups excluding carboxylic acids is 1. The van der Waals surface area contributed by atoms with Crippen molar-refractivity contribution in [2.45, 2.75) is 32.7 Å². The Morgan fingerprint density at radius 3 is 2.71 bits per heavy atom. The monoisotopic (exact) mass is 234 g/mol. The lowest BCUT2D eigenvalue weighted by molar-refractivity contribution is 0.0725. The van der Waals surface area contributed by atoms with Crippen molar-refractivity contribution >= 4 is 5.91 Å². The van der Waals surface area contributed by atoms with Gasteiger partial charge in [-0.1, -0.05) is 0 Å². The Bertz CT molecular complexity index is 488. The van der Waals surface area contributed by atoms with E-state index in [1.807, 2.05) is 6.92 Å². The lowest BCUT2D eigenvalue weighted by atomic mass is 10.1. The normalized spacial score (nSPS) is 16.6. The molecule has 4 heteroatoms. The molecule has 1 aliphatic carbocycles. The van der Waals surface area contributed by atoms with Crippen molar-refractivity contribution in [1.82, 2.24) is 9.88 Å². The number of pyridine rings is 1. The van der Waals surface area contributed by atoms with Gasteiger partial charge < -0.3 is 9.88 Å². The summed E-state index contributed by atoms with van der Waals surface area (Å²) in [6.07, 6.45) is 3.88. The number of aromatic nitrogens is 1. The number of nitrogens with one attached hydrogen (secondary N) is 1. The summed E-state index contributed by atoms with van der Waals surface area (Å²) in [5.74, 6) is 0.416. The molecule has 1 aromatic rings. The topological polar surface area (TPSA) is 53.2 Å². The minimum atomic E-state index is -0.207. The maximum atomic E-state index is 12.2. The molecule has 1 N–H and O–H groups in total. The number of aromatic amines is 1. The van der Waals surface area contributed by atoms with Gasteiger partial charge in [-0.2, -0.15) is 0 Å². The third-order valence-electron chi connectivity index (χ3n) is 3.52. The highest BCUT2D eigenvalue weighted by atomic mass is 16.2.